The van der Waals surface area contributed by atoms with E-state index in [1.807, 2.05) is 11.9 Å². The summed E-state index contributed by atoms with van der Waals surface area (Å²) in [7, 11) is 1.88. The Balaban J connectivity index is 2.80. The highest BCUT2D eigenvalue weighted by molar-refractivity contribution is 9.09. The number of nitrogens with zero attached hydrogens (tertiary/aromatic N) is 2. The molecule has 1 aliphatic heterocycles. The second-order valence-corrected chi connectivity index (χ2v) is 3.20. The van der Waals surface area contributed by atoms with Crippen molar-refractivity contribution in [1.29, 1.82) is 0 Å². The first kappa shape index (κ1) is 9.25. The fourth-order valence-corrected chi connectivity index (χ4v) is 1.59. The molecule has 12 heavy (non-hydrogen) atoms. The zero-order valence-electron chi connectivity index (χ0n) is 6.61. The third-order valence-electron chi connectivity index (χ3n) is 1.74. The number of alkyl halides is 1. The molecule has 0 radical (unpaired) electrons. The average molecular weight is 233 g/mol. The molecule has 1 atom stereocenters. The minimum absolute atomic E-state index is 0.0791. The fourth-order valence-electron chi connectivity index (χ4n) is 0.950. The molecule has 66 valence electrons. The Morgan fingerprint density at radius 2 is 2.50 bits per heavy atom. The van der Waals surface area contributed by atoms with Crippen LogP contribution in [0, 0.1) is 10.1 Å². The molecule has 0 amide bonds. The van der Waals surface area contributed by atoms with E-state index in [0.717, 1.165) is 0 Å². The molecule has 0 spiro atoms. The van der Waals surface area contributed by atoms with Gasteiger partial charge in [-0.1, -0.05) is 15.9 Å². The topological polar surface area (TPSA) is 46.4 Å². The van der Waals surface area contributed by atoms with Gasteiger partial charge < -0.3 is 4.90 Å². The van der Waals surface area contributed by atoms with Crippen LogP contribution in [0.5, 0.6) is 0 Å². The standard InChI is InChI=1S/C7H9BrN2O2/c1-9-3-2-6(10(11)12)4-7(9)5-8/h2-4,7H,5H2,1H3. The van der Waals surface area contributed by atoms with Crippen molar-refractivity contribution in [1.82, 2.24) is 4.90 Å². The van der Waals surface area contributed by atoms with Crippen LogP contribution in [0.3, 0.4) is 0 Å². The first-order valence-electron chi connectivity index (χ1n) is 3.47. The summed E-state index contributed by atoms with van der Waals surface area (Å²) < 4.78 is 0. The SMILES string of the molecule is CN1C=CC([N+](=O)[O-])=CC1CBr. The van der Waals surface area contributed by atoms with Crippen molar-refractivity contribution < 1.29 is 4.92 Å². The lowest BCUT2D eigenvalue weighted by Gasteiger charge is -2.23. The van der Waals surface area contributed by atoms with Crippen LogP contribution in [0.25, 0.3) is 0 Å². The van der Waals surface area contributed by atoms with Crippen LogP contribution >= 0.6 is 15.9 Å². The van der Waals surface area contributed by atoms with Crippen molar-refractivity contribution in [3.05, 3.63) is 34.2 Å². The Kier molecular flexibility index (Phi) is 2.86. The highest BCUT2D eigenvalue weighted by Gasteiger charge is 2.18. The monoisotopic (exact) mass is 232 g/mol. The van der Waals surface area contributed by atoms with E-state index in [-0.39, 0.29) is 16.7 Å². The first-order chi connectivity index (χ1) is 5.65. The molecular formula is C7H9BrN2O2. The van der Waals surface area contributed by atoms with E-state index in [9.17, 15) is 10.1 Å². The van der Waals surface area contributed by atoms with E-state index >= 15 is 0 Å². The maximum Gasteiger partial charge on any atom is 0.269 e. The van der Waals surface area contributed by atoms with E-state index in [4.69, 9.17) is 0 Å². The fraction of sp³-hybridized carbons (Fsp3) is 0.429. The third kappa shape index (κ3) is 1.85. The molecule has 1 heterocycles. The largest absolute Gasteiger partial charge is 0.373 e. The van der Waals surface area contributed by atoms with Crippen LogP contribution in [0.15, 0.2) is 24.0 Å². The van der Waals surface area contributed by atoms with Gasteiger partial charge in [0.2, 0.25) is 0 Å². The van der Waals surface area contributed by atoms with E-state index in [2.05, 4.69) is 15.9 Å². The van der Waals surface area contributed by atoms with Crippen LogP contribution in [0.2, 0.25) is 0 Å². The molecule has 5 heteroatoms. The quantitative estimate of drug-likeness (QED) is 0.411. The molecule has 0 saturated heterocycles. The normalized spacial score (nSPS) is 22.3. The molecule has 0 aliphatic carbocycles. The molecule has 0 aromatic heterocycles. The summed E-state index contributed by atoms with van der Waals surface area (Å²) in [6.07, 6.45) is 4.85. The molecule has 1 unspecified atom stereocenters. The Morgan fingerprint density at radius 3 is 3.00 bits per heavy atom. The Morgan fingerprint density at radius 1 is 1.83 bits per heavy atom. The number of hydrogen-bond donors (Lipinski definition) is 0. The summed E-state index contributed by atoms with van der Waals surface area (Å²) in [5, 5.41) is 11.1. The van der Waals surface area contributed by atoms with Crippen LogP contribution in [0.1, 0.15) is 0 Å². The predicted molar refractivity (Wildman–Crippen MR) is 49.6 cm³/mol. The number of hydrogen-bond acceptors (Lipinski definition) is 3. The molecule has 1 rings (SSSR count). The van der Waals surface area contributed by atoms with Gasteiger partial charge >= 0.3 is 0 Å². The smallest absolute Gasteiger partial charge is 0.269 e. The van der Waals surface area contributed by atoms with Crippen molar-refractivity contribution in [2.75, 3.05) is 12.4 Å². The van der Waals surface area contributed by atoms with Gasteiger partial charge in [0.1, 0.15) is 0 Å². The van der Waals surface area contributed by atoms with Crippen LogP contribution in [-0.2, 0) is 0 Å². The lowest BCUT2D eigenvalue weighted by atomic mass is 10.2. The summed E-state index contributed by atoms with van der Waals surface area (Å²) in [5.74, 6) is 0. The molecular weight excluding hydrogens is 224 g/mol. The summed E-state index contributed by atoms with van der Waals surface area (Å²) >= 11 is 3.29. The second kappa shape index (κ2) is 3.71. The predicted octanol–water partition coefficient (Wildman–Crippen LogP) is 1.37. The van der Waals surface area contributed by atoms with Crippen LogP contribution < -0.4 is 0 Å². The highest BCUT2D eigenvalue weighted by Crippen LogP contribution is 2.13. The lowest BCUT2D eigenvalue weighted by Crippen LogP contribution is -2.29. The van der Waals surface area contributed by atoms with Gasteiger partial charge in [-0.05, 0) is 0 Å². The van der Waals surface area contributed by atoms with Crippen molar-refractivity contribution in [2.24, 2.45) is 0 Å². The molecule has 0 aromatic rings. The van der Waals surface area contributed by atoms with Gasteiger partial charge in [-0.15, -0.1) is 0 Å². The molecule has 0 N–H and O–H groups in total. The Bertz CT molecular complexity index is 250. The number of rotatable bonds is 2. The maximum absolute atomic E-state index is 10.4. The van der Waals surface area contributed by atoms with Crippen molar-refractivity contribution >= 4 is 15.9 Å². The summed E-state index contributed by atoms with van der Waals surface area (Å²) in [6.45, 7) is 0. The minimum Gasteiger partial charge on any atom is -0.373 e. The van der Waals surface area contributed by atoms with Gasteiger partial charge in [0.15, 0.2) is 0 Å². The molecule has 0 bridgehead atoms. The van der Waals surface area contributed by atoms with Gasteiger partial charge in [0, 0.05) is 30.7 Å². The van der Waals surface area contributed by atoms with E-state index in [1.54, 1.807) is 12.3 Å². The summed E-state index contributed by atoms with van der Waals surface area (Å²) in [6, 6.07) is 0.0791. The van der Waals surface area contributed by atoms with E-state index < -0.39 is 0 Å². The summed E-state index contributed by atoms with van der Waals surface area (Å²) in [5.41, 5.74) is 0.164. The number of likely N-dealkylation sites (N-methyl/N-ethyl adjacent to an activating group) is 1. The minimum atomic E-state index is -0.376. The highest BCUT2D eigenvalue weighted by atomic mass is 79.9. The van der Waals surface area contributed by atoms with Crippen LogP contribution in [0.4, 0.5) is 0 Å². The van der Waals surface area contributed by atoms with Crippen molar-refractivity contribution in [3.8, 4) is 0 Å². The zero-order chi connectivity index (χ0) is 9.14. The summed E-state index contributed by atoms with van der Waals surface area (Å²) in [4.78, 5) is 11.9. The first-order valence-corrected chi connectivity index (χ1v) is 4.59. The maximum atomic E-state index is 10.4. The molecule has 0 saturated carbocycles. The van der Waals surface area contributed by atoms with Gasteiger partial charge in [-0.3, -0.25) is 10.1 Å². The Hall–Kier alpha value is -0.840. The van der Waals surface area contributed by atoms with Gasteiger partial charge in [0.25, 0.3) is 5.70 Å². The zero-order valence-corrected chi connectivity index (χ0v) is 8.19. The lowest BCUT2D eigenvalue weighted by molar-refractivity contribution is -0.419. The van der Waals surface area contributed by atoms with E-state index in [1.165, 1.54) is 6.08 Å². The van der Waals surface area contributed by atoms with Gasteiger partial charge in [0.05, 0.1) is 11.0 Å². The van der Waals surface area contributed by atoms with Gasteiger partial charge in [-0.2, -0.15) is 0 Å². The number of nitro groups is 1. The van der Waals surface area contributed by atoms with Crippen LogP contribution in [-0.4, -0.2) is 28.2 Å². The number of halogens is 1. The average Bonchev–Trinajstić information content (AvgIpc) is 2.05. The second-order valence-electron chi connectivity index (χ2n) is 2.55. The van der Waals surface area contributed by atoms with Crippen molar-refractivity contribution in [3.63, 3.8) is 0 Å². The van der Waals surface area contributed by atoms with Gasteiger partial charge in [-0.25, -0.2) is 0 Å². The molecule has 0 fully saturated rings. The number of allylic oxidation sites excluding steroid dienone is 1. The molecule has 4 nitrogen and oxygen atoms in total. The molecule has 1 aliphatic rings. The molecule has 0 aromatic carbocycles. The third-order valence-corrected chi connectivity index (χ3v) is 2.40. The van der Waals surface area contributed by atoms with Crippen molar-refractivity contribution in [2.45, 2.75) is 6.04 Å². The van der Waals surface area contributed by atoms with E-state index in [0.29, 0.717) is 5.33 Å². The Labute approximate surface area is 78.8 Å².